The SMILES string of the molecule is CCCC(=O)N1CCC(N2CCCC2=O)CC1. The highest BCUT2D eigenvalue weighted by Crippen LogP contribution is 2.22. The Morgan fingerprint density at radius 1 is 1.29 bits per heavy atom. The van der Waals surface area contributed by atoms with Gasteiger partial charge >= 0.3 is 0 Å². The maximum absolute atomic E-state index is 11.7. The second kappa shape index (κ2) is 5.52. The lowest BCUT2D eigenvalue weighted by Crippen LogP contribution is -2.47. The van der Waals surface area contributed by atoms with Crippen molar-refractivity contribution in [3.8, 4) is 0 Å². The summed E-state index contributed by atoms with van der Waals surface area (Å²) in [5.41, 5.74) is 0. The van der Waals surface area contributed by atoms with Crippen molar-refractivity contribution in [2.24, 2.45) is 0 Å². The van der Waals surface area contributed by atoms with Crippen molar-refractivity contribution in [1.82, 2.24) is 9.80 Å². The van der Waals surface area contributed by atoms with E-state index in [-0.39, 0.29) is 5.91 Å². The monoisotopic (exact) mass is 238 g/mol. The predicted molar refractivity (Wildman–Crippen MR) is 65.5 cm³/mol. The number of rotatable bonds is 3. The molecule has 4 heteroatoms. The number of carbonyl (C=O) groups is 2. The van der Waals surface area contributed by atoms with Gasteiger partial charge in [0, 0.05) is 38.5 Å². The first-order chi connectivity index (χ1) is 8.22. The summed E-state index contributed by atoms with van der Waals surface area (Å²) in [4.78, 5) is 27.4. The minimum absolute atomic E-state index is 0.277. The van der Waals surface area contributed by atoms with Crippen molar-refractivity contribution in [2.45, 2.75) is 51.5 Å². The van der Waals surface area contributed by atoms with Gasteiger partial charge in [0.05, 0.1) is 0 Å². The molecule has 0 N–H and O–H groups in total. The number of carbonyl (C=O) groups excluding carboxylic acids is 2. The summed E-state index contributed by atoms with van der Waals surface area (Å²) in [5.74, 6) is 0.585. The van der Waals surface area contributed by atoms with E-state index in [9.17, 15) is 9.59 Å². The van der Waals surface area contributed by atoms with E-state index in [0.29, 0.717) is 18.4 Å². The maximum Gasteiger partial charge on any atom is 0.222 e. The molecule has 2 fully saturated rings. The van der Waals surface area contributed by atoms with Crippen molar-refractivity contribution < 1.29 is 9.59 Å². The van der Waals surface area contributed by atoms with E-state index in [1.54, 1.807) is 0 Å². The third-order valence-electron chi connectivity index (χ3n) is 3.83. The van der Waals surface area contributed by atoms with Crippen LogP contribution in [0, 0.1) is 0 Å². The Morgan fingerprint density at radius 2 is 2.00 bits per heavy atom. The normalized spacial score (nSPS) is 22.3. The second-order valence-electron chi connectivity index (χ2n) is 5.05. The largest absolute Gasteiger partial charge is 0.343 e. The smallest absolute Gasteiger partial charge is 0.222 e. The van der Waals surface area contributed by atoms with Crippen LogP contribution in [-0.2, 0) is 9.59 Å². The van der Waals surface area contributed by atoms with E-state index >= 15 is 0 Å². The summed E-state index contributed by atoms with van der Waals surface area (Å²) in [6, 6.07) is 0.385. The van der Waals surface area contributed by atoms with Crippen molar-refractivity contribution in [2.75, 3.05) is 19.6 Å². The molecule has 0 atom stereocenters. The molecule has 0 bridgehead atoms. The molecule has 0 saturated carbocycles. The summed E-state index contributed by atoms with van der Waals surface area (Å²) in [5, 5.41) is 0. The molecule has 17 heavy (non-hydrogen) atoms. The molecule has 2 aliphatic rings. The summed E-state index contributed by atoms with van der Waals surface area (Å²) >= 11 is 0. The molecule has 2 aliphatic heterocycles. The molecule has 0 aliphatic carbocycles. The van der Waals surface area contributed by atoms with Gasteiger partial charge in [-0.15, -0.1) is 0 Å². The Morgan fingerprint density at radius 3 is 2.53 bits per heavy atom. The van der Waals surface area contributed by atoms with Gasteiger partial charge in [-0.3, -0.25) is 9.59 Å². The van der Waals surface area contributed by atoms with Crippen LogP contribution in [0.5, 0.6) is 0 Å². The van der Waals surface area contributed by atoms with Crippen LogP contribution < -0.4 is 0 Å². The first-order valence-corrected chi connectivity index (χ1v) is 6.79. The Labute approximate surface area is 103 Å². The molecule has 4 nitrogen and oxygen atoms in total. The number of likely N-dealkylation sites (tertiary alicyclic amines) is 2. The topological polar surface area (TPSA) is 40.6 Å². The standard InChI is InChI=1S/C13H22N2O2/c1-2-4-12(16)14-9-6-11(7-10-14)15-8-3-5-13(15)17/h11H,2-10H2,1H3. The second-order valence-corrected chi connectivity index (χ2v) is 5.05. The number of piperidine rings is 1. The molecule has 2 saturated heterocycles. The highest BCUT2D eigenvalue weighted by atomic mass is 16.2. The average molecular weight is 238 g/mol. The van der Waals surface area contributed by atoms with Gasteiger partial charge in [0.25, 0.3) is 0 Å². The molecular weight excluding hydrogens is 216 g/mol. The summed E-state index contributed by atoms with van der Waals surface area (Å²) in [6.45, 7) is 4.61. The van der Waals surface area contributed by atoms with Gasteiger partial charge in [0.2, 0.25) is 11.8 Å². The van der Waals surface area contributed by atoms with Crippen LogP contribution in [0.25, 0.3) is 0 Å². The van der Waals surface area contributed by atoms with Gasteiger partial charge in [-0.2, -0.15) is 0 Å². The number of amides is 2. The van der Waals surface area contributed by atoms with E-state index in [0.717, 1.165) is 51.7 Å². The molecule has 96 valence electrons. The number of nitrogens with zero attached hydrogens (tertiary/aromatic N) is 2. The van der Waals surface area contributed by atoms with E-state index in [1.165, 1.54) is 0 Å². The van der Waals surface area contributed by atoms with E-state index < -0.39 is 0 Å². The predicted octanol–water partition coefficient (Wildman–Crippen LogP) is 1.40. The molecule has 0 radical (unpaired) electrons. The van der Waals surface area contributed by atoms with Gasteiger partial charge in [0.15, 0.2) is 0 Å². The van der Waals surface area contributed by atoms with Crippen LogP contribution in [0.1, 0.15) is 45.4 Å². The first kappa shape index (κ1) is 12.4. The number of hydrogen-bond donors (Lipinski definition) is 0. The molecule has 0 aromatic carbocycles. The van der Waals surface area contributed by atoms with E-state index in [4.69, 9.17) is 0 Å². The molecule has 0 spiro atoms. The van der Waals surface area contributed by atoms with Gasteiger partial charge in [-0.1, -0.05) is 6.92 Å². The van der Waals surface area contributed by atoms with E-state index in [1.807, 2.05) is 16.7 Å². The molecule has 2 heterocycles. The summed E-state index contributed by atoms with van der Waals surface area (Å²) < 4.78 is 0. The fourth-order valence-electron chi connectivity index (χ4n) is 2.85. The first-order valence-electron chi connectivity index (χ1n) is 6.79. The zero-order chi connectivity index (χ0) is 12.3. The summed E-state index contributed by atoms with van der Waals surface area (Å²) in [6.07, 6.45) is 5.22. The third-order valence-corrected chi connectivity index (χ3v) is 3.83. The minimum Gasteiger partial charge on any atom is -0.343 e. The Bertz CT molecular complexity index is 296. The third kappa shape index (κ3) is 2.79. The lowest BCUT2D eigenvalue weighted by molar-refractivity contribution is -0.134. The molecule has 0 aromatic heterocycles. The molecule has 2 amide bonds. The lowest BCUT2D eigenvalue weighted by atomic mass is 10.0. The Hall–Kier alpha value is -1.06. The van der Waals surface area contributed by atoms with Crippen LogP contribution in [0.15, 0.2) is 0 Å². The highest BCUT2D eigenvalue weighted by molar-refractivity contribution is 5.78. The Balaban J connectivity index is 1.81. The van der Waals surface area contributed by atoms with Crippen LogP contribution in [0.2, 0.25) is 0 Å². The number of hydrogen-bond acceptors (Lipinski definition) is 2. The van der Waals surface area contributed by atoms with Crippen LogP contribution in [0.4, 0.5) is 0 Å². The lowest BCUT2D eigenvalue weighted by Gasteiger charge is -2.36. The van der Waals surface area contributed by atoms with Gasteiger partial charge < -0.3 is 9.80 Å². The van der Waals surface area contributed by atoms with Gasteiger partial charge in [-0.25, -0.2) is 0 Å². The molecular formula is C13H22N2O2. The fourth-order valence-corrected chi connectivity index (χ4v) is 2.85. The van der Waals surface area contributed by atoms with Crippen molar-refractivity contribution in [1.29, 1.82) is 0 Å². The summed E-state index contributed by atoms with van der Waals surface area (Å²) in [7, 11) is 0. The average Bonchev–Trinajstić information content (AvgIpc) is 2.76. The van der Waals surface area contributed by atoms with Crippen molar-refractivity contribution >= 4 is 11.8 Å². The molecule has 0 unspecified atom stereocenters. The van der Waals surface area contributed by atoms with Gasteiger partial charge in [0.1, 0.15) is 0 Å². The maximum atomic E-state index is 11.7. The minimum atomic E-state index is 0.277. The molecule has 2 rings (SSSR count). The zero-order valence-electron chi connectivity index (χ0n) is 10.7. The Kier molecular flexibility index (Phi) is 4.02. The zero-order valence-corrected chi connectivity index (χ0v) is 10.7. The van der Waals surface area contributed by atoms with Crippen LogP contribution in [-0.4, -0.2) is 47.3 Å². The van der Waals surface area contributed by atoms with Gasteiger partial charge in [-0.05, 0) is 25.7 Å². The van der Waals surface area contributed by atoms with Crippen LogP contribution in [0.3, 0.4) is 0 Å². The van der Waals surface area contributed by atoms with Crippen molar-refractivity contribution in [3.05, 3.63) is 0 Å². The van der Waals surface area contributed by atoms with Crippen molar-refractivity contribution in [3.63, 3.8) is 0 Å². The molecule has 0 aromatic rings. The quantitative estimate of drug-likeness (QED) is 0.745. The van der Waals surface area contributed by atoms with Crippen LogP contribution >= 0.6 is 0 Å². The fraction of sp³-hybridized carbons (Fsp3) is 0.846. The highest BCUT2D eigenvalue weighted by Gasteiger charge is 2.31. The van der Waals surface area contributed by atoms with E-state index in [2.05, 4.69) is 0 Å².